The van der Waals surface area contributed by atoms with E-state index in [4.69, 9.17) is 16.3 Å². The molecule has 0 aliphatic carbocycles. The first-order valence-electron chi connectivity index (χ1n) is 11.4. The molecule has 0 saturated carbocycles. The van der Waals surface area contributed by atoms with Crippen molar-refractivity contribution in [1.29, 1.82) is 0 Å². The molecule has 3 heterocycles. The number of anilines is 2. The van der Waals surface area contributed by atoms with Gasteiger partial charge in [0, 0.05) is 36.4 Å². The second kappa shape index (κ2) is 9.91. The number of fused-ring (bicyclic) bond motifs is 2. The number of nitrogens with one attached hydrogen (secondary N) is 1. The molecule has 0 saturated heterocycles. The van der Waals surface area contributed by atoms with Gasteiger partial charge in [0.15, 0.2) is 17.1 Å². The van der Waals surface area contributed by atoms with E-state index < -0.39 is 6.29 Å². The van der Waals surface area contributed by atoms with Crippen LogP contribution in [0.3, 0.4) is 0 Å². The van der Waals surface area contributed by atoms with E-state index in [1.54, 1.807) is 11.3 Å². The average molecular weight is 508 g/mol. The van der Waals surface area contributed by atoms with Gasteiger partial charge in [0.2, 0.25) is 0 Å². The molecule has 0 bridgehead atoms. The van der Waals surface area contributed by atoms with E-state index in [1.807, 2.05) is 47.0 Å². The smallest absolute Gasteiger partial charge is 0.188 e. The van der Waals surface area contributed by atoms with Gasteiger partial charge in [0.05, 0.1) is 10.2 Å². The Balaban J connectivity index is 1.33. The second-order valence-corrected chi connectivity index (χ2v) is 10.3. The molecule has 35 heavy (non-hydrogen) atoms. The highest BCUT2D eigenvalue weighted by molar-refractivity contribution is 7.22. The number of aliphatic hydroxyl groups is 1. The molecule has 0 aliphatic rings. The third-order valence-electron chi connectivity index (χ3n) is 6.18. The van der Waals surface area contributed by atoms with Crippen molar-refractivity contribution in [3.63, 3.8) is 0 Å². The number of ether oxygens (including phenoxy) is 1. The Kier molecular flexibility index (Phi) is 6.71. The summed E-state index contributed by atoms with van der Waals surface area (Å²) in [6.45, 7) is 4.14. The van der Waals surface area contributed by atoms with Gasteiger partial charge in [0.1, 0.15) is 5.82 Å². The van der Waals surface area contributed by atoms with Crippen LogP contribution in [-0.2, 0) is 11.2 Å². The fraction of sp³-hybridized carbons (Fsp3) is 0.269. The molecule has 9 heteroatoms. The van der Waals surface area contributed by atoms with Crippen molar-refractivity contribution in [2.24, 2.45) is 11.8 Å². The lowest BCUT2D eigenvalue weighted by molar-refractivity contribution is -0.123. The SMILES string of the molecule is COC(O)[C@@H](Cc1nnc2cc(-c3ccc(Nc4nc5ccc(Cl)cc5s4)cc3)ccn12)C(C)C. The normalized spacial score (nSPS) is 13.5. The molecule has 0 radical (unpaired) electrons. The van der Waals surface area contributed by atoms with Crippen LogP contribution in [0.5, 0.6) is 0 Å². The van der Waals surface area contributed by atoms with Crippen molar-refractivity contribution in [2.45, 2.75) is 26.6 Å². The maximum Gasteiger partial charge on any atom is 0.188 e. The largest absolute Gasteiger partial charge is 0.368 e. The Morgan fingerprint density at radius 1 is 1.06 bits per heavy atom. The molecule has 0 amide bonds. The van der Waals surface area contributed by atoms with Crippen molar-refractivity contribution in [1.82, 2.24) is 19.6 Å². The number of benzene rings is 2. The summed E-state index contributed by atoms with van der Waals surface area (Å²) in [7, 11) is 1.52. The predicted octanol–water partition coefficient (Wildman–Crippen LogP) is 6.18. The summed E-state index contributed by atoms with van der Waals surface area (Å²) in [5.41, 5.74) is 4.78. The molecule has 1 unspecified atom stereocenters. The Morgan fingerprint density at radius 2 is 1.86 bits per heavy atom. The lowest BCUT2D eigenvalue weighted by atomic mass is 9.91. The quantitative estimate of drug-likeness (QED) is 0.244. The average Bonchev–Trinajstić information content (AvgIpc) is 3.44. The summed E-state index contributed by atoms with van der Waals surface area (Å²) in [5, 5.41) is 23.9. The number of thiazole rings is 1. The van der Waals surface area contributed by atoms with Crippen molar-refractivity contribution >= 4 is 49.6 Å². The van der Waals surface area contributed by atoms with Gasteiger partial charge in [-0.2, -0.15) is 0 Å². The van der Waals surface area contributed by atoms with Gasteiger partial charge >= 0.3 is 0 Å². The fourth-order valence-corrected chi connectivity index (χ4v) is 5.29. The summed E-state index contributed by atoms with van der Waals surface area (Å²) >= 11 is 7.66. The monoisotopic (exact) mass is 507 g/mol. The van der Waals surface area contributed by atoms with Crippen LogP contribution in [0, 0.1) is 11.8 Å². The second-order valence-electron chi connectivity index (χ2n) is 8.83. The maximum atomic E-state index is 10.2. The van der Waals surface area contributed by atoms with Crippen molar-refractivity contribution in [3.05, 3.63) is 71.6 Å². The topological polar surface area (TPSA) is 84.6 Å². The maximum absolute atomic E-state index is 10.2. The molecule has 3 aromatic heterocycles. The molecule has 0 fully saturated rings. The standard InChI is InChI=1S/C26H26ClN5O2S/c1-15(2)20(25(33)34-3)14-24-31-30-23-12-17(10-11-32(23)24)16-4-7-19(8-5-16)28-26-29-21-9-6-18(27)13-22(21)35-26/h4-13,15,20,25,33H,14H2,1-3H3,(H,28,29)/t20-,25?/m0/s1. The summed E-state index contributed by atoms with van der Waals surface area (Å²) in [4.78, 5) is 4.62. The summed E-state index contributed by atoms with van der Waals surface area (Å²) in [6.07, 6.45) is 1.72. The molecule has 5 aromatic rings. The van der Waals surface area contributed by atoms with Crippen LogP contribution in [0.25, 0.3) is 27.0 Å². The zero-order valence-corrected chi connectivity index (χ0v) is 21.2. The first-order valence-corrected chi connectivity index (χ1v) is 12.6. The number of methoxy groups -OCH3 is 1. The highest BCUT2D eigenvalue weighted by Crippen LogP contribution is 2.31. The van der Waals surface area contributed by atoms with E-state index in [2.05, 4.69) is 52.5 Å². The number of halogens is 1. The minimum absolute atomic E-state index is 0.0699. The number of pyridine rings is 1. The van der Waals surface area contributed by atoms with Gasteiger partial charge < -0.3 is 15.2 Å². The number of aromatic nitrogens is 4. The van der Waals surface area contributed by atoms with Gasteiger partial charge in [-0.1, -0.05) is 48.9 Å². The molecule has 2 atom stereocenters. The highest BCUT2D eigenvalue weighted by Gasteiger charge is 2.25. The molecule has 0 spiro atoms. The Labute approximate surface area is 212 Å². The molecular weight excluding hydrogens is 482 g/mol. The van der Waals surface area contributed by atoms with Crippen LogP contribution in [0.4, 0.5) is 10.8 Å². The number of aliphatic hydroxyl groups excluding tert-OH is 1. The van der Waals surface area contributed by atoms with Crippen molar-refractivity contribution in [2.75, 3.05) is 12.4 Å². The third kappa shape index (κ3) is 5.01. The summed E-state index contributed by atoms with van der Waals surface area (Å²) < 4.78 is 8.18. The summed E-state index contributed by atoms with van der Waals surface area (Å²) in [6, 6.07) is 18.0. The number of hydrogen-bond donors (Lipinski definition) is 2. The van der Waals surface area contributed by atoms with Gasteiger partial charge in [-0.3, -0.25) is 4.40 Å². The van der Waals surface area contributed by atoms with Crippen molar-refractivity contribution < 1.29 is 9.84 Å². The van der Waals surface area contributed by atoms with Crippen molar-refractivity contribution in [3.8, 4) is 11.1 Å². The zero-order valence-electron chi connectivity index (χ0n) is 19.6. The van der Waals surface area contributed by atoms with Crippen LogP contribution >= 0.6 is 22.9 Å². The number of rotatable bonds is 8. The summed E-state index contributed by atoms with van der Waals surface area (Å²) in [5.74, 6) is 0.974. The minimum atomic E-state index is -0.839. The third-order valence-corrected chi connectivity index (χ3v) is 7.35. The van der Waals surface area contributed by atoms with Crippen LogP contribution < -0.4 is 5.32 Å². The van der Waals surface area contributed by atoms with E-state index in [-0.39, 0.29) is 11.8 Å². The van der Waals surface area contributed by atoms with Crippen LogP contribution in [0.15, 0.2) is 60.8 Å². The number of nitrogens with zero attached hydrogens (tertiary/aromatic N) is 4. The number of hydrogen-bond acceptors (Lipinski definition) is 7. The lowest BCUT2D eigenvalue weighted by Crippen LogP contribution is -2.29. The van der Waals surface area contributed by atoms with E-state index in [9.17, 15) is 5.11 Å². The fourth-order valence-electron chi connectivity index (χ4n) is 4.13. The first-order chi connectivity index (χ1) is 16.9. The molecule has 2 aromatic carbocycles. The minimum Gasteiger partial charge on any atom is -0.368 e. The molecular formula is C26H26ClN5O2S. The molecule has 2 N–H and O–H groups in total. The predicted molar refractivity (Wildman–Crippen MR) is 141 cm³/mol. The van der Waals surface area contributed by atoms with Gasteiger partial charge in [0.25, 0.3) is 0 Å². The highest BCUT2D eigenvalue weighted by atomic mass is 35.5. The molecule has 0 aliphatic heterocycles. The first kappa shape index (κ1) is 23.7. The molecule has 5 rings (SSSR count). The Bertz CT molecular complexity index is 1460. The van der Waals surface area contributed by atoms with Gasteiger partial charge in [-0.25, -0.2) is 4.98 Å². The van der Waals surface area contributed by atoms with Gasteiger partial charge in [-0.05, 0) is 59.5 Å². The zero-order chi connectivity index (χ0) is 24.5. The molecule has 7 nitrogen and oxygen atoms in total. The van der Waals surface area contributed by atoms with E-state index in [0.29, 0.717) is 11.4 Å². The van der Waals surface area contributed by atoms with Crippen LogP contribution in [0.2, 0.25) is 5.02 Å². The lowest BCUT2D eigenvalue weighted by Gasteiger charge is -2.24. The Hall–Kier alpha value is -3.04. The van der Waals surface area contributed by atoms with Crippen LogP contribution in [0.1, 0.15) is 19.7 Å². The van der Waals surface area contributed by atoms with E-state index in [1.165, 1.54) is 7.11 Å². The Morgan fingerprint density at radius 3 is 2.60 bits per heavy atom. The van der Waals surface area contributed by atoms with E-state index in [0.717, 1.165) is 43.6 Å². The van der Waals surface area contributed by atoms with Gasteiger partial charge in [-0.15, -0.1) is 10.2 Å². The molecule has 180 valence electrons. The van der Waals surface area contributed by atoms with E-state index >= 15 is 0 Å². The van der Waals surface area contributed by atoms with Crippen LogP contribution in [-0.4, -0.2) is 38.1 Å².